The summed E-state index contributed by atoms with van der Waals surface area (Å²) in [5.41, 5.74) is 1.10. The van der Waals surface area contributed by atoms with Gasteiger partial charge in [0.25, 0.3) is 5.69 Å². The maximum Gasteiger partial charge on any atom is 0.269 e. The molecule has 3 aliphatic rings. The lowest BCUT2D eigenvalue weighted by Crippen LogP contribution is -2.48. The van der Waals surface area contributed by atoms with Crippen LogP contribution in [0.25, 0.3) is 6.08 Å². The van der Waals surface area contributed by atoms with Gasteiger partial charge in [0.15, 0.2) is 17.3 Å². The molecule has 0 radical (unpaired) electrons. The number of nitrogens with zero attached hydrogens (tertiary/aromatic N) is 2. The van der Waals surface area contributed by atoms with Gasteiger partial charge in [0.1, 0.15) is 11.5 Å². The van der Waals surface area contributed by atoms with Crippen molar-refractivity contribution in [2.75, 3.05) is 4.90 Å². The first kappa shape index (κ1) is 25.1. The van der Waals surface area contributed by atoms with Crippen molar-refractivity contribution in [3.05, 3.63) is 146 Å². The van der Waals surface area contributed by atoms with Crippen molar-refractivity contribution >= 4 is 46.4 Å². The first-order valence-corrected chi connectivity index (χ1v) is 13.5. The Hall–Kier alpha value is -4.88. The van der Waals surface area contributed by atoms with E-state index >= 15 is 0 Å². The summed E-state index contributed by atoms with van der Waals surface area (Å²) in [7, 11) is 0. The molecule has 4 aromatic rings. The van der Waals surface area contributed by atoms with Crippen molar-refractivity contribution in [2.24, 2.45) is 5.41 Å². The maximum absolute atomic E-state index is 14.6. The fourth-order valence-corrected chi connectivity index (χ4v) is 7.14. The minimum Gasteiger partial charge on any atom is -0.352 e. The Kier molecular flexibility index (Phi) is 5.56. The Morgan fingerprint density at radius 1 is 0.829 bits per heavy atom. The van der Waals surface area contributed by atoms with Crippen molar-refractivity contribution in [2.45, 2.75) is 18.0 Å². The van der Waals surface area contributed by atoms with Crippen LogP contribution < -0.4 is 4.90 Å². The number of para-hydroxylation sites is 1. The van der Waals surface area contributed by atoms with E-state index in [0.29, 0.717) is 22.4 Å². The van der Waals surface area contributed by atoms with Crippen LogP contribution in [0.3, 0.4) is 0 Å². The number of nitro groups is 1. The number of benzene rings is 4. The minimum atomic E-state index is -1.69. The molecule has 8 heteroatoms. The van der Waals surface area contributed by atoms with E-state index in [1.54, 1.807) is 60.7 Å². The largest absolute Gasteiger partial charge is 0.352 e. The Bertz CT molecular complexity index is 1790. The van der Waals surface area contributed by atoms with Crippen LogP contribution in [0.5, 0.6) is 0 Å². The second-order valence-electron chi connectivity index (χ2n) is 10.5. The number of nitro benzene ring substituents is 1. The molecule has 1 aliphatic carbocycles. The van der Waals surface area contributed by atoms with Crippen LogP contribution in [-0.4, -0.2) is 34.4 Å². The van der Waals surface area contributed by atoms with Gasteiger partial charge in [-0.3, -0.25) is 24.5 Å². The van der Waals surface area contributed by atoms with Gasteiger partial charge < -0.3 is 4.90 Å². The molecule has 0 aromatic heterocycles. The summed E-state index contributed by atoms with van der Waals surface area (Å²) in [6, 6.07) is 24.9. The van der Waals surface area contributed by atoms with Crippen LogP contribution in [0.15, 0.2) is 103 Å². The number of Topliss-reactive ketones (excluding diaryl/α,β-unsaturated/α-hetero) is 3. The standard InChI is InChI=1S/C33H21ClN2O5/c34-25-11-5-4-10-24(25)30(37)29-28(20-13-16-21(17-14-20)36(40)41)33(31(38)22-8-2-3-9-23(22)32(33)39)27-18-15-19-7-1-6-12-26(19)35(27)29/h1-18,27-29H. The van der Waals surface area contributed by atoms with Crippen molar-refractivity contribution in [1.29, 1.82) is 0 Å². The Morgan fingerprint density at radius 3 is 2.10 bits per heavy atom. The van der Waals surface area contributed by atoms with Crippen molar-refractivity contribution < 1.29 is 19.3 Å². The van der Waals surface area contributed by atoms with Gasteiger partial charge in [0.2, 0.25) is 0 Å². The van der Waals surface area contributed by atoms with E-state index in [4.69, 9.17) is 11.6 Å². The first-order valence-electron chi connectivity index (χ1n) is 13.1. The second kappa shape index (κ2) is 9.08. The molecular weight excluding hydrogens is 540 g/mol. The van der Waals surface area contributed by atoms with Gasteiger partial charge in [-0.1, -0.05) is 90.5 Å². The summed E-state index contributed by atoms with van der Waals surface area (Å²) in [4.78, 5) is 56.7. The van der Waals surface area contributed by atoms with Gasteiger partial charge in [0.05, 0.1) is 16.0 Å². The number of ketones is 3. The number of carbonyl (C=O) groups excluding carboxylic acids is 3. The van der Waals surface area contributed by atoms with E-state index in [0.717, 1.165) is 5.56 Å². The number of anilines is 1. The van der Waals surface area contributed by atoms with Crippen molar-refractivity contribution in [3.8, 4) is 0 Å². The molecule has 1 fully saturated rings. The third-order valence-corrected chi connectivity index (χ3v) is 8.91. The van der Waals surface area contributed by atoms with E-state index in [1.165, 1.54) is 12.1 Å². The molecule has 1 spiro atoms. The normalized spacial score (nSPS) is 21.5. The molecule has 3 atom stereocenters. The van der Waals surface area contributed by atoms with Crippen molar-refractivity contribution in [1.82, 2.24) is 0 Å². The summed E-state index contributed by atoms with van der Waals surface area (Å²) in [5, 5.41) is 11.7. The summed E-state index contributed by atoms with van der Waals surface area (Å²) in [6.07, 6.45) is 3.72. The van der Waals surface area contributed by atoms with Gasteiger partial charge in [-0.15, -0.1) is 0 Å². The highest BCUT2D eigenvalue weighted by molar-refractivity contribution is 6.35. The van der Waals surface area contributed by atoms with Crippen LogP contribution in [0.4, 0.5) is 11.4 Å². The predicted molar refractivity (Wildman–Crippen MR) is 155 cm³/mol. The average Bonchev–Trinajstić information content (AvgIpc) is 3.43. The van der Waals surface area contributed by atoms with E-state index in [1.807, 2.05) is 41.3 Å². The zero-order valence-electron chi connectivity index (χ0n) is 21.4. The third kappa shape index (κ3) is 3.36. The van der Waals surface area contributed by atoms with Gasteiger partial charge in [-0.2, -0.15) is 0 Å². The first-order chi connectivity index (χ1) is 19.9. The predicted octanol–water partition coefficient (Wildman–Crippen LogP) is 6.56. The second-order valence-corrected chi connectivity index (χ2v) is 10.9. The summed E-state index contributed by atoms with van der Waals surface area (Å²) >= 11 is 6.54. The summed E-state index contributed by atoms with van der Waals surface area (Å²) < 4.78 is 0. The quantitative estimate of drug-likeness (QED) is 0.121. The molecule has 7 nitrogen and oxygen atoms in total. The highest BCUT2D eigenvalue weighted by Gasteiger charge is 2.71. The van der Waals surface area contributed by atoms with E-state index in [2.05, 4.69) is 0 Å². The highest BCUT2D eigenvalue weighted by atomic mass is 35.5. The van der Waals surface area contributed by atoms with E-state index in [-0.39, 0.29) is 33.6 Å². The topological polar surface area (TPSA) is 97.6 Å². The Balaban J connectivity index is 1.55. The molecular formula is C33H21ClN2O5. The van der Waals surface area contributed by atoms with Crippen LogP contribution in [0.1, 0.15) is 48.1 Å². The molecule has 0 saturated carbocycles. The lowest BCUT2D eigenvalue weighted by atomic mass is 9.64. The molecule has 4 aromatic carbocycles. The molecule has 200 valence electrons. The number of non-ortho nitro benzene ring substituents is 1. The lowest BCUT2D eigenvalue weighted by Gasteiger charge is -2.37. The molecule has 1 saturated heterocycles. The fraction of sp³-hybridized carbons (Fsp3) is 0.121. The Labute approximate surface area is 239 Å². The number of halogens is 1. The summed E-state index contributed by atoms with van der Waals surface area (Å²) in [6.45, 7) is 0. The van der Waals surface area contributed by atoms with Gasteiger partial charge in [-0.25, -0.2) is 0 Å². The number of hydrogen-bond acceptors (Lipinski definition) is 6. The molecule has 2 aliphatic heterocycles. The molecule has 0 N–H and O–H groups in total. The number of carbonyl (C=O) groups is 3. The minimum absolute atomic E-state index is 0.134. The molecule has 7 rings (SSSR count). The zero-order chi connectivity index (χ0) is 28.5. The van der Waals surface area contributed by atoms with Crippen LogP contribution in [-0.2, 0) is 0 Å². The van der Waals surface area contributed by atoms with Gasteiger partial charge in [-0.05, 0) is 29.3 Å². The van der Waals surface area contributed by atoms with E-state index in [9.17, 15) is 24.5 Å². The summed E-state index contributed by atoms with van der Waals surface area (Å²) in [5.74, 6) is -2.05. The third-order valence-electron chi connectivity index (χ3n) is 8.58. The molecule has 3 unspecified atom stereocenters. The number of hydrogen-bond donors (Lipinski definition) is 0. The number of fused-ring (bicyclic) bond motifs is 5. The van der Waals surface area contributed by atoms with Crippen LogP contribution in [0.2, 0.25) is 5.02 Å². The fourth-order valence-electron chi connectivity index (χ4n) is 6.91. The Morgan fingerprint density at radius 2 is 1.44 bits per heavy atom. The smallest absolute Gasteiger partial charge is 0.269 e. The zero-order valence-corrected chi connectivity index (χ0v) is 22.2. The molecule has 0 bridgehead atoms. The van der Waals surface area contributed by atoms with E-state index < -0.39 is 28.3 Å². The number of rotatable bonds is 4. The van der Waals surface area contributed by atoms with Crippen LogP contribution >= 0.6 is 11.6 Å². The molecule has 0 amide bonds. The van der Waals surface area contributed by atoms with Crippen LogP contribution in [0, 0.1) is 15.5 Å². The van der Waals surface area contributed by atoms with Gasteiger partial charge >= 0.3 is 0 Å². The lowest BCUT2D eigenvalue weighted by molar-refractivity contribution is -0.384. The highest BCUT2D eigenvalue weighted by Crippen LogP contribution is 2.61. The molecule has 41 heavy (non-hydrogen) atoms. The maximum atomic E-state index is 14.6. The SMILES string of the molecule is O=C(c1ccccc1Cl)C1C(c2ccc([N+](=O)[O-])cc2)C2(C(=O)c3ccccc3C2=O)C2C=Cc3ccccc3N12. The monoisotopic (exact) mass is 560 g/mol. The van der Waals surface area contributed by atoms with Crippen molar-refractivity contribution in [3.63, 3.8) is 0 Å². The average molecular weight is 561 g/mol. The van der Waals surface area contributed by atoms with Gasteiger partial charge in [0, 0.05) is 40.4 Å². The molecule has 2 heterocycles.